The van der Waals surface area contributed by atoms with Gasteiger partial charge in [0, 0.05) is 17.7 Å². The molecule has 1 aromatic carbocycles. The lowest BCUT2D eigenvalue weighted by atomic mass is 9.83. The third kappa shape index (κ3) is 4.30. The molecule has 1 atom stereocenters. The van der Waals surface area contributed by atoms with Crippen molar-refractivity contribution in [1.29, 1.82) is 0 Å². The number of benzene rings is 1. The van der Waals surface area contributed by atoms with Crippen LogP contribution in [0.3, 0.4) is 0 Å². The Morgan fingerprint density at radius 3 is 2.42 bits per heavy atom. The lowest BCUT2D eigenvalue weighted by Gasteiger charge is -2.31. The maximum atomic E-state index is 13.1. The summed E-state index contributed by atoms with van der Waals surface area (Å²) in [5.74, 6) is -2.17. The summed E-state index contributed by atoms with van der Waals surface area (Å²) in [6.07, 6.45) is 1.93. The molecule has 0 radical (unpaired) electrons. The van der Waals surface area contributed by atoms with E-state index in [0.29, 0.717) is 28.8 Å². The van der Waals surface area contributed by atoms with Crippen molar-refractivity contribution in [3.8, 4) is 0 Å². The van der Waals surface area contributed by atoms with Crippen molar-refractivity contribution in [2.75, 3.05) is 0 Å². The molecular formula is C14H15BrCl2F2. The molecule has 0 aliphatic heterocycles. The first-order valence-corrected chi connectivity index (χ1v) is 8.00. The minimum absolute atomic E-state index is 0.00113. The van der Waals surface area contributed by atoms with Crippen molar-refractivity contribution in [1.82, 2.24) is 0 Å². The van der Waals surface area contributed by atoms with Gasteiger partial charge in [-0.15, -0.1) is 0 Å². The minimum atomic E-state index is -2.47. The zero-order valence-corrected chi connectivity index (χ0v) is 13.4. The average molecular weight is 372 g/mol. The van der Waals surface area contributed by atoms with E-state index in [0.717, 1.165) is 12.0 Å². The molecule has 0 aromatic heterocycles. The van der Waals surface area contributed by atoms with Crippen LogP contribution >= 0.6 is 39.1 Å². The standard InChI is InChI=1S/C14H15BrCl2F2/c15-11(10-3-5-14(18,19)6-4-10)7-9-1-2-12(16)13(17)8-9/h1-2,8,10-11H,3-7H2. The molecule has 0 spiro atoms. The molecule has 0 amide bonds. The van der Waals surface area contributed by atoms with Crippen LogP contribution in [-0.4, -0.2) is 10.7 Å². The van der Waals surface area contributed by atoms with Gasteiger partial charge in [0.05, 0.1) is 10.0 Å². The Morgan fingerprint density at radius 2 is 1.84 bits per heavy atom. The van der Waals surface area contributed by atoms with Gasteiger partial charge in [-0.05, 0) is 42.9 Å². The van der Waals surface area contributed by atoms with Crippen molar-refractivity contribution in [2.24, 2.45) is 5.92 Å². The SMILES string of the molecule is FC1(F)CCC(C(Br)Cc2ccc(Cl)c(Cl)c2)CC1. The van der Waals surface area contributed by atoms with Gasteiger partial charge in [-0.3, -0.25) is 0 Å². The second-order valence-corrected chi connectivity index (χ2v) is 7.15. The Balaban J connectivity index is 1.94. The highest BCUT2D eigenvalue weighted by Gasteiger charge is 2.36. The summed E-state index contributed by atoms with van der Waals surface area (Å²) in [4.78, 5) is 0.209. The van der Waals surface area contributed by atoms with Gasteiger partial charge in [-0.2, -0.15) is 0 Å². The summed E-state index contributed by atoms with van der Waals surface area (Å²) < 4.78 is 26.2. The smallest absolute Gasteiger partial charge is 0.207 e. The lowest BCUT2D eigenvalue weighted by Crippen LogP contribution is -2.29. The van der Waals surface area contributed by atoms with E-state index in [2.05, 4.69) is 15.9 Å². The van der Waals surface area contributed by atoms with Crippen LogP contribution in [0.2, 0.25) is 10.0 Å². The van der Waals surface area contributed by atoms with Crippen molar-refractivity contribution >= 4 is 39.1 Å². The van der Waals surface area contributed by atoms with Gasteiger partial charge in [0.15, 0.2) is 0 Å². The van der Waals surface area contributed by atoms with E-state index >= 15 is 0 Å². The van der Waals surface area contributed by atoms with Crippen molar-refractivity contribution in [3.63, 3.8) is 0 Å². The second-order valence-electron chi connectivity index (χ2n) is 5.16. The molecule has 5 heteroatoms. The molecule has 0 bridgehead atoms. The molecule has 1 unspecified atom stereocenters. The van der Waals surface area contributed by atoms with Crippen LogP contribution in [0, 0.1) is 5.92 Å². The van der Waals surface area contributed by atoms with Gasteiger partial charge in [0.1, 0.15) is 0 Å². The average Bonchev–Trinajstić information content (AvgIpc) is 2.33. The van der Waals surface area contributed by atoms with Crippen LogP contribution in [0.4, 0.5) is 8.78 Å². The third-order valence-electron chi connectivity index (χ3n) is 3.69. The highest BCUT2D eigenvalue weighted by molar-refractivity contribution is 9.09. The van der Waals surface area contributed by atoms with Crippen LogP contribution in [-0.2, 0) is 6.42 Å². The third-order valence-corrected chi connectivity index (χ3v) is 5.50. The molecule has 0 nitrogen and oxygen atoms in total. The fourth-order valence-corrected chi connectivity index (χ4v) is 3.71. The molecule has 0 saturated heterocycles. The van der Waals surface area contributed by atoms with Crippen LogP contribution in [0.15, 0.2) is 18.2 Å². The number of halogens is 5. The Morgan fingerprint density at radius 1 is 1.21 bits per heavy atom. The topological polar surface area (TPSA) is 0 Å². The van der Waals surface area contributed by atoms with Gasteiger partial charge in [0.25, 0.3) is 0 Å². The quantitative estimate of drug-likeness (QED) is 0.561. The Kier molecular flexibility index (Phi) is 5.13. The van der Waals surface area contributed by atoms with E-state index in [4.69, 9.17) is 23.2 Å². The summed E-state index contributed by atoms with van der Waals surface area (Å²) >= 11 is 15.5. The number of alkyl halides is 3. The van der Waals surface area contributed by atoms with E-state index in [1.54, 1.807) is 6.07 Å². The van der Waals surface area contributed by atoms with Crippen molar-refractivity contribution < 1.29 is 8.78 Å². The molecular weight excluding hydrogens is 357 g/mol. The fourth-order valence-electron chi connectivity index (χ4n) is 2.48. The Hall–Kier alpha value is 0.140. The van der Waals surface area contributed by atoms with E-state index in [1.165, 1.54) is 0 Å². The maximum absolute atomic E-state index is 13.1. The summed E-state index contributed by atoms with van der Waals surface area (Å²) in [6, 6.07) is 5.55. The molecule has 2 rings (SSSR count). The fraction of sp³-hybridized carbons (Fsp3) is 0.571. The highest BCUT2D eigenvalue weighted by atomic mass is 79.9. The number of hydrogen-bond acceptors (Lipinski definition) is 0. The summed E-state index contributed by atoms with van der Waals surface area (Å²) in [6.45, 7) is 0. The summed E-state index contributed by atoms with van der Waals surface area (Å²) in [5, 5.41) is 1.07. The molecule has 0 N–H and O–H groups in total. The summed E-state index contributed by atoms with van der Waals surface area (Å²) in [7, 11) is 0. The Bertz CT molecular complexity index is 441. The van der Waals surface area contributed by atoms with Gasteiger partial charge in [0.2, 0.25) is 5.92 Å². The van der Waals surface area contributed by atoms with E-state index < -0.39 is 5.92 Å². The van der Waals surface area contributed by atoms with E-state index in [9.17, 15) is 8.78 Å². The first-order valence-electron chi connectivity index (χ1n) is 6.33. The molecule has 1 aromatic rings. The Labute approximate surface area is 130 Å². The van der Waals surface area contributed by atoms with Crippen LogP contribution in [0.1, 0.15) is 31.2 Å². The molecule has 1 saturated carbocycles. The molecule has 0 heterocycles. The molecule has 1 aliphatic carbocycles. The monoisotopic (exact) mass is 370 g/mol. The normalized spacial score (nSPS) is 21.3. The first kappa shape index (κ1) is 15.5. The molecule has 1 aliphatic rings. The van der Waals surface area contributed by atoms with Gasteiger partial charge >= 0.3 is 0 Å². The lowest BCUT2D eigenvalue weighted by molar-refractivity contribution is -0.0456. The summed E-state index contributed by atoms with van der Waals surface area (Å²) in [5.41, 5.74) is 1.08. The minimum Gasteiger partial charge on any atom is -0.207 e. The van der Waals surface area contributed by atoms with Crippen LogP contribution < -0.4 is 0 Å². The molecule has 19 heavy (non-hydrogen) atoms. The predicted octanol–water partition coefficient (Wildman–Crippen LogP) is 6.12. The van der Waals surface area contributed by atoms with Crippen LogP contribution in [0.5, 0.6) is 0 Å². The molecule has 1 fully saturated rings. The number of hydrogen-bond donors (Lipinski definition) is 0. The largest absolute Gasteiger partial charge is 0.248 e. The van der Waals surface area contributed by atoms with Crippen molar-refractivity contribution in [2.45, 2.75) is 42.9 Å². The molecule has 106 valence electrons. The highest BCUT2D eigenvalue weighted by Crippen LogP contribution is 2.40. The number of rotatable bonds is 3. The zero-order valence-electron chi connectivity index (χ0n) is 10.3. The predicted molar refractivity (Wildman–Crippen MR) is 79.8 cm³/mol. The van der Waals surface area contributed by atoms with E-state index in [-0.39, 0.29) is 17.7 Å². The van der Waals surface area contributed by atoms with Gasteiger partial charge in [-0.25, -0.2) is 8.78 Å². The first-order chi connectivity index (χ1) is 8.87. The zero-order chi connectivity index (χ0) is 14.0. The van der Waals surface area contributed by atoms with Crippen LogP contribution in [0.25, 0.3) is 0 Å². The van der Waals surface area contributed by atoms with E-state index in [1.807, 2.05) is 12.1 Å². The second kappa shape index (κ2) is 6.28. The maximum Gasteiger partial charge on any atom is 0.248 e. The van der Waals surface area contributed by atoms with Gasteiger partial charge < -0.3 is 0 Å². The van der Waals surface area contributed by atoms with Crippen molar-refractivity contribution in [3.05, 3.63) is 33.8 Å². The van der Waals surface area contributed by atoms with Gasteiger partial charge in [-0.1, -0.05) is 45.2 Å².